The smallest absolute Gasteiger partial charge is 0.239 e. The van der Waals surface area contributed by atoms with Crippen molar-refractivity contribution in [3.8, 4) is 17.1 Å². The van der Waals surface area contributed by atoms with Crippen LogP contribution < -0.4 is 9.46 Å². The largest absolute Gasteiger partial charge is 0.489 e. The highest BCUT2D eigenvalue weighted by Gasteiger charge is 2.32. The predicted octanol–water partition coefficient (Wildman–Crippen LogP) is 3.03. The minimum atomic E-state index is -3.95. The van der Waals surface area contributed by atoms with Gasteiger partial charge < -0.3 is 4.74 Å². The van der Waals surface area contributed by atoms with Gasteiger partial charge in [0.25, 0.3) is 0 Å². The first-order valence-electron chi connectivity index (χ1n) is 10.2. The number of halogens is 3. The molecule has 0 saturated heterocycles. The molecule has 1 aliphatic rings. The van der Waals surface area contributed by atoms with Crippen molar-refractivity contribution < 1.29 is 21.9 Å². The van der Waals surface area contributed by atoms with Gasteiger partial charge in [-0.1, -0.05) is 17.7 Å². The number of hydrogen-bond acceptors (Lipinski definition) is 8. The Kier molecular flexibility index (Phi) is 6.03. The lowest BCUT2D eigenvalue weighted by molar-refractivity contribution is 0.277. The summed E-state index contributed by atoms with van der Waals surface area (Å²) < 4.78 is 63.7. The molecular formula is C21H16ClF2N7O3S. The summed E-state index contributed by atoms with van der Waals surface area (Å²) in [5.41, 5.74) is 0.556. The van der Waals surface area contributed by atoms with Crippen molar-refractivity contribution in [2.75, 3.05) is 17.1 Å². The van der Waals surface area contributed by atoms with Crippen LogP contribution in [0.4, 0.5) is 14.7 Å². The minimum absolute atomic E-state index is 0.0150. The number of rotatable bonds is 6. The summed E-state index contributed by atoms with van der Waals surface area (Å²) in [6.07, 6.45) is 5.73. The highest BCUT2D eigenvalue weighted by molar-refractivity contribution is 7.92. The summed E-state index contributed by atoms with van der Waals surface area (Å²) in [5.74, 6) is -1.20. The van der Waals surface area contributed by atoms with E-state index in [1.807, 2.05) is 0 Å². The van der Waals surface area contributed by atoms with Crippen LogP contribution in [0.2, 0.25) is 5.02 Å². The van der Waals surface area contributed by atoms with Crippen LogP contribution in [0.3, 0.4) is 0 Å². The molecule has 0 unspecified atom stereocenters. The second-order valence-corrected chi connectivity index (χ2v) is 9.85. The van der Waals surface area contributed by atoms with E-state index in [4.69, 9.17) is 16.3 Å². The van der Waals surface area contributed by atoms with Gasteiger partial charge in [0, 0.05) is 36.6 Å². The predicted molar refractivity (Wildman–Crippen MR) is 121 cm³/mol. The number of fused-ring (bicyclic) bond motifs is 3. The number of hydrogen-bond donors (Lipinski definition) is 1. The zero-order valence-electron chi connectivity index (χ0n) is 17.8. The Morgan fingerprint density at radius 2 is 1.94 bits per heavy atom. The molecule has 10 nitrogen and oxygen atoms in total. The first-order valence-corrected chi connectivity index (χ1v) is 12.3. The fraction of sp³-hybridized carbons (Fsp3) is 0.190. The number of pyridine rings is 1. The highest BCUT2D eigenvalue weighted by Crippen LogP contribution is 2.38. The van der Waals surface area contributed by atoms with Gasteiger partial charge in [-0.05, 0) is 12.1 Å². The quantitative estimate of drug-likeness (QED) is 0.412. The van der Waals surface area contributed by atoms with Crippen LogP contribution in [0.15, 0.2) is 49.1 Å². The second kappa shape index (κ2) is 9.15. The molecule has 0 bridgehead atoms. The Morgan fingerprint density at radius 1 is 1.14 bits per heavy atom. The maximum absolute atomic E-state index is 14.8. The molecule has 1 atom stereocenters. The van der Waals surface area contributed by atoms with E-state index in [1.54, 1.807) is 6.07 Å². The number of aryl methyl sites for hydroxylation is 1. The topological polar surface area (TPSA) is 125 Å². The van der Waals surface area contributed by atoms with Crippen molar-refractivity contribution in [3.05, 3.63) is 77.1 Å². The molecule has 0 radical (unpaired) electrons. The average Bonchev–Trinajstić information content (AvgIpc) is 3.14. The van der Waals surface area contributed by atoms with E-state index in [9.17, 15) is 17.2 Å². The molecule has 0 saturated carbocycles. The molecule has 35 heavy (non-hydrogen) atoms. The van der Waals surface area contributed by atoms with Gasteiger partial charge in [-0.2, -0.15) is 0 Å². The van der Waals surface area contributed by atoms with Crippen LogP contribution in [0, 0.1) is 11.6 Å². The SMILES string of the molecule is O=S(=O)(CCc1ncc(Cl)cn1)Nc1nnc2n1[C@@H](c1ccc(F)cc1F)COc1cnccc1-2. The molecule has 0 fully saturated rings. The number of aromatic nitrogens is 6. The van der Waals surface area contributed by atoms with E-state index in [2.05, 4.69) is 29.9 Å². The number of nitrogens with one attached hydrogen (secondary N) is 1. The van der Waals surface area contributed by atoms with Gasteiger partial charge in [-0.25, -0.2) is 27.2 Å². The Balaban J connectivity index is 1.52. The maximum Gasteiger partial charge on any atom is 0.239 e. The first-order chi connectivity index (χ1) is 16.8. The molecule has 4 aromatic rings. The third-order valence-corrected chi connectivity index (χ3v) is 6.70. The summed E-state index contributed by atoms with van der Waals surface area (Å²) in [7, 11) is -3.95. The highest BCUT2D eigenvalue weighted by atomic mass is 35.5. The number of sulfonamides is 1. The van der Waals surface area contributed by atoms with E-state index < -0.39 is 27.7 Å². The molecular weight excluding hydrogens is 504 g/mol. The molecule has 1 N–H and O–H groups in total. The van der Waals surface area contributed by atoms with E-state index in [1.165, 1.54) is 35.4 Å². The van der Waals surface area contributed by atoms with E-state index in [-0.39, 0.29) is 36.1 Å². The van der Waals surface area contributed by atoms with Gasteiger partial charge in [-0.3, -0.25) is 14.3 Å². The van der Waals surface area contributed by atoms with Crippen molar-refractivity contribution in [1.29, 1.82) is 0 Å². The second-order valence-electron chi connectivity index (χ2n) is 7.57. The lowest BCUT2D eigenvalue weighted by Gasteiger charge is -2.21. The van der Waals surface area contributed by atoms with Crippen molar-refractivity contribution in [1.82, 2.24) is 29.7 Å². The van der Waals surface area contributed by atoms with Crippen LogP contribution in [0.1, 0.15) is 17.4 Å². The third kappa shape index (κ3) is 4.77. The number of benzene rings is 1. The number of nitrogens with zero attached hydrogens (tertiary/aromatic N) is 6. The van der Waals surface area contributed by atoms with Gasteiger partial charge >= 0.3 is 0 Å². The van der Waals surface area contributed by atoms with E-state index in [0.29, 0.717) is 22.2 Å². The molecule has 180 valence electrons. The summed E-state index contributed by atoms with van der Waals surface area (Å²) >= 11 is 5.76. The van der Waals surface area contributed by atoms with Gasteiger partial charge in [-0.15, -0.1) is 10.2 Å². The first kappa shape index (κ1) is 23.1. The lowest BCUT2D eigenvalue weighted by Crippen LogP contribution is -2.25. The van der Waals surface area contributed by atoms with E-state index in [0.717, 1.165) is 12.1 Å². The molecule has 0 aliphatic carbocycles. The van der Waals surface area contributed by atoms with Gasteiger partial charge in [0.2, 0.25) is 16.0 Å². The van der Waals surface area contributed by atoms with Crippen molar-refractivity contribution in [3.63, 3.8) is 0 Å². The fourth-order valence-corrected chi connectivity index (χ4v) is 4.72. The number of ether oxygens (including phenoxy) is 1. The Labute approximate surface area is 203 Å². The van der Waals surface area contributed by atoms with Crippen molar-refractivity contribution in [2.24, 2.45) is 0 Å². The summed E-state index contributed by atoms with van der Waals surface area (Å²) in [6, 6.07) is 3.83. The molecule has 3 aromatic heterocycles. The zero-order chi connectivity index (χ0) is 24.6. The zero-order valence-corrected chi connectivity index (χ0v) is 19.3. The molecule has 14 heteroatoms. The molecule has 5 rings (SSSR count). The standard InChI is InChI=1S/C21H16ClF2N7O3S/c22-12-8-26-19(27-9-12)4-6-35(32,33)30-21-29-28-20-15-3-5-25-10-18(15)34-11-17(31(20)21)14-2-1-13(23)7-16(14)24/h1-3,5,7-10,17H,4,6,11H2,(H,29,30)/t17-/m1/s1. The van der Waals surface area contributed by atoms with Crippen LogP contribution >= 0.6 is 11.6 Å². The summed E-state index contributed by atoms with van der Waals surface area (Å²) in [6.45, 7) is -0.111. The monoisotopic (exact) mass is 519 g/mol. The van der Waals surface area contributed by atoms with E-state index >= 15 is 0 Å². The van der Waals surface area contributed by atoms with Crippen LogP contribution in [0.25, 0.3) is 11.4 Å². The van der Waals surface area contributed by atoms with Gasteiger partial charge in [0.15, 0.2) is 5.82 Å². The van der Waals surface area contributed by atoms with Crippen molar-refractivity contribution >= 4 is 27.6 Å². The van der Waals surface area contributed by atoms with Gasteiger partial charge in [0.05, 0.1) is 22.5 Å². The Bertz CT molecular complexity index is 1500. The van der Waals surface area contributed by atoms with Crippen LogP contribution in [0.5, 0.6) is 5.75 Å². The van der Waals surface area contributed by atoms with Crippen LogP contribution in [-0.4, -0.2) is 50.5 Å². The lowest BCUT2D eigenvalue weighted by atomic mass is 10.1. The Hall–Kier alpha value is -3.71. The number of anilines is 1. The van der Waals surface area contributed by atoms with Gasteiger partial charge in [0.1, 0.15) is 35.9 Å². The molecule has 1 aliphatic heterocycles. The summed E-state index contributed by atoms with van der Waals surface area (Å²) in [5, 5.41) is 8.48. The molecule has 1 aromatic carbocycles. The Morgan fingerprint density at radius 3 is 2.71 bits per heavy atom. The molecule has 0 amide bonds. The molecule has 4 heterocycles. The van der Waals surface area contributed by atoms with Crippen LogP contribution in [-0.2, 0) is 16.4 Å². The third-order valence-electron chi connectivity index (χ3n) is 5.27. The average molecular weight is 520 g/mol. The normalized spacial score (nSPS) is 15.0. The summed E-state index contributed by atoms with van der Waals surface area (Å²) in [4.78, 5) is 12.0. The maximum atomic E-state index is 14.8. The minimum Gasteiger partial charge on any atom is -0.489 e. The fourth-order valence-electron chi connectivity index (χ4n) is 3.65. The molecule has 0 spiro atoms. The van der Waals surface area contributed by atoms with Crippen molar-refractivity contribution in [2.45, 2.75) is 12.5 Å².